The third kappa shape index (κ3) is 2.02. The van der Waals surface area contributed by atoms with Gasteiger partial charge < -0.3 is 14.4 Å². The van der Waals surface area contributed by atoms with Gasteiger partial charge in [-0.2, -0.15) is 0 Å². The molecule has 19 heavy (non-hydrogen) atoms. The van der Waals surface area contributed by atoms with E-state index >= 15 is 0 Å². The van der Waals surface area contributed by atoms with E-state index in [1.165, 1.54) is 0 Å². The minimum absolute atomic E-state index is 0.207. The minimum Gasteiger partial charge on any atom is -0.478 e. The van der Waals surface area contributed by atoms with Crippen LogP contribution in [0.5, 0.6) is 0 Å². The van der Waals surface area contributed by atoms with Crippen LogP contribution >= 0.6 is 0 Å². The monoisotopic (exact) mass is 258 g/mol. The molecule has 1 atom stereocenters. The molecule has 1 aromatic heterocycles. The predicted octanol–water partition coefficient (Wildman–Crippen LogP) is 2.17. The van der Waals surface area contributed by atoms with Crippen molar-refractivity contribution in [2.75, 3.05) is 6.61 Å². The fourth-order valence-corrected chi connectivity index (χ4v) is 2.26. The molecule has 5 nitrogen and oxygen atoms in total. The van der Waals surface area contributed by atoms with Gasteiger partial charge in [-0.25, -0.2) is 9.78 Å². The van der Waals surface area contributed by atoms with E-state index in [0.29, 0.717) is 6.54 Å². The van der Waals surface area contributed by atoms with E-state index in [1.54, 1.807) is 24.5 Å². The molecule has 0 amide bonds. The number of imidazole rings is 1. The normalized spacial score (nSPS) is 18.2. The van der Waals surface area contributed by atoms with Gasteiger partial charge in [-0.1, -0.05) is 12.7 Å². The maximum absolute atomic E-state index is 11.1. The fraction of sp³-hybridized carbons (Fsp3) is 0.286. The Morgan fingerprint density at radius 2 is 2.42 bits per heavy atom. The van der Waals surface area contributed by atoms with Gasteiger partial charge in [0.15, 0.2) is 0 Å². The van der Waals surface area contributed by atoms with E-state index < -0.39 is 5.97 Å². The number of aromatic nitrogens is 2. The van der Waals surface area contributed by atoms with Crippen molar-refractivity contribution in [1.82, 2.24) is 9.55 Å². The number of aromatic carboxylic acids is 1. The zero-order chi connectivity index (χ0) is 13.4. The summed E-state index contributed by atoms with van der Waals surface area (Å²) in [5, 5.41) is 9.14. The molecule has 1 saturated heterocycles. The third-order valence-corrected chi connectivity index (χ3v) is 3.42. The number of benzene rings is 1. The number of carboxylic acids is 1. The van der Waals surface area contributed by atoms with Crippen molar-refractivity contribution in [2.45, 2.75) is 19.1 Å². The van der Waals surface area contributed by atoms with Crippen molar-refractivity contribution >= 4 is 23.1 Å². The number of carboxylic acid groups (broad SMARTS) is 1. The molecule has 0 radical (unpaired) electrons. The average Bonchev–Trinajstić information content (AvgIpc) is 2.75. The number of carbonyl (C=O) groups is 1. The molecular formula is C14H14N2O3. The van der Waals surface area contributed by atoms with Crippen LogP contribution in [0.2, 0.25) is 0 Å². The van der Waals surface area contributed by atoms with Crippen LogP contribution in [0.1, 0.15) is 22.3 Å². The number of ether oxygens (including phenoxy) is 1. The summed E-state index contributed by atoms with van der Waals surface area (Å²) in [5.41, 5.74) is 2.58. The number of fused-ring (bicyclic) bond motifs is 1. The summed E-state index contributed by atoms with van der Waals surface area (Å²) >= 11 is 0. The van der Waals surface area contributed by atoms with E-state index in [4.69, 9.17) is 9.84 Å². The first kappa shape index (κ1) is 11.9. The van der Waals surface area contributed by atoms with Crippen molar-refractivity contribution < 1.29 is 14.6 Å². The Labute approximate surface area is 110 Å². The maximum atomic E-state index is 11.1. The predicted molar refractivity (Wildman–Crippen MR) is 71.1 cm³/mol. The van der Waals surface area contributed by atoms with Crippen LogP contribution in [-0.4, -0.2) is 33.3 Å². The van der Waals surface area contributed by atoms with Gasteiger partial charge in [0.05, 0.1) is 35.6 Å². The van der Waals surface area contributed by atoms with Crippen molar-refractivity contribution in [3.8, 4) is 0 Å². The molecule has 1 aromatic carbocycles. The highest BCUT2D eigenvalue weighted by Crippen LogP contribution is 2.23. The molecule has 0 saturated carbocycles. The first-order valence-corrected chi connectivity index (χ1v) is 6.15. The molecule has 0 spiro atoms. The number of nitrogens with zero attached hydrogens (tertiary/aromatic N) is 2. The number of hydrogen-bond acceptors (Lipinski definition) is 3. The van der Waals surface area contributed by atoms with E-state index in [9.17, 15) is 4.79 Å². The molecule has 1 aliphatic rings. The van der Waals surface area contributed by atoms with Gasteiger partial charge >= 0.3 is 5.97 Å². The summed E-state index contributed by atoms with van der Waals surface area (Å²) in [7, 11) is 0. The van der Waals surface area contributed by atoms with Crippen molar-refractivity contribution in [2.24, 2.45) is 0 Å². The SMILES string of the molecule is C=Cc1cc(C(=O)O)cc2c1ncn2CC1CCO1. The fourth-order valence-electron chi connectivity index (χ4n) is 2.26. The third-order valence-electron chi connectivity index (χ3n) is 3.42. The van der Waals surface area contributed by atoms with Crippen LogP contribution in [-0.2, 0) is 11.3 Å². The quantitative estimate of drug-likeness (QED) is 0.912. The van der Waals surface area contributed by atoms with Gasteiger partial charge in [0, 0.05) is 12.2 Å². The van der Waals surface area contributed by atoms with Crippen molar-refractivity contribution in [3.63, 3.8) is 0 Å². The molecule has 1 fully saturated rings. The van der Waals surface area contributed by atoms with E-state index in [1.807, 2.05) is 4.57 Å². The Hall–Kier alpha value is -2.14. The van der Waals surface area contributed by atoms with Crippen LogP contribution in [0.4, 0.5) is 0 Å². The lowest BCUT2D eigenvalue weighted by atomic mass is 10.1. The highest BCUT2D eigenvalue weighted by molar-refractivity contribution is 5.96. The molecule has 0 bridgehead atoms. The lowest BCUT2D eigenvalue weighted by molar-refractivity contribution is -0.0586. The minimum atomic E-state index is -0.947. The Bertz CT molecular complexity index is 656. The average molecular weight is 258 g/mol. The lowest BCUT2D eigenvalue weighted by Gasteiger charge is -2.26. The molecule has 2 heterocycles. The zero-order valence-corrected chi connectivity index (χ0v) is 10.4. The largest absolute Gasteiger partial charge is 0.478 e. The molecule has 5 heteroatoms. The summed E-state index contributed by atoms with van der Waals surface area (Å²) in [4.78, 5) is 15.5. The Morgan fingerprint density at radius 1 is 1.63 bits per heavy atom. The summed E-state index contributed by atoms with van der Waals surface area (Å²) in [5.74, 6) is -0.947. The number of hydrogen-bond donors (Lipinski definition) is 1. The molecule has 1 N–H and O–H groups in total. The van der Waals surface area contributed by atoms with Crippen LogP contribution < -0.4 is 0 Å². The van der Waals surface area contributed by atoms with E-state index in [-0.39, 0.29) is 11.7 Å². The first-order valence-electron chi connectivity index (χ1n) is 6.15. The topological polar surface area (TPSA) is 64.3 Å². The summed E-state index contributed by atoms with van der Waals surface area (Å²) in [6, 6.07) is 3.24. The zero-order valence-electron chi connectivity index (χ0n) is 10.4. The second-order valence-electron chi connectivity index (χ2n) is 4.62. The van der Waals surface area contributed by atoms with Gasteiger partial charge in [0.25, 0.3) is 0 Å². The smallest absolute Gasteiger partial charge is 0.335 e. The highest BCUT2D eigenvalue weighted by Gasteiger charge is 2.20. The molecule has 0 aliphatic carbocycles. The second kappa shape index (κ2) is 4.51. The molecular weight excluding hydrogens is 244 g/mol. The van der Waals surface area contributed by atoms with Crippen LogP contribution in [0.25, 0.3) is 17.1 Å². The Balaban J connectivity index is 2.10. The van der Waals surface area contributed by atoms with Crippen LogP contribution in [0.15, 0.2) is 25.0 Å². The molecule has 1 unspecified atom stereocenters. The van der Waals surface area contributed by atoms with Crippen LogP contribution in [0, 0.1) is 0 Å². The van der Waals surface area contributed by atoms with E-state index in [2.05, 4.69) is 11.6 Å². The van der Waals surface area contributed by atoms with Crippen molar-refractivity contribution in [1.29, 1.82) is 0 Å². The molecule has 2 aromatic rings. The second-order valence-corrected chi connectivity index (χ2v) is 4.62. The lowest BCUT2D eigenvalue weighted by Crippen LogP contribution is -2.30. The van der Waals surface area contributed by atoms with E-state index in [0.717, 1.165) is 29.6 Å². The summed E-state index contributed by atoms with van der Waals surface area (Å²) in [6.45, 7) is 5.22. The first-order chi connectivity index (χ1) is 9.19. The van der Waals surface area contributed by atoms with Gasteiger partial charge in [-0.05, 0) is 18.6 Å². The molecule has 3 rings (SSSR count). The standard InChI is InChI=1S/C14H14N2O3/c1-2-9-5-10(14(17)18)6-12-13(9)15-8-16(12)7-11-3-4-19-11/h2,5-6,8,11H,1,3-4,7H2,(H,17,18). The Morgan fingerprint density at radius 3 is 3.00 bits per heavy atom. The summed E-state index contributed by atoms with van der Waals surface area (Å²) < 4.78 is 7.35. The molecule has 1 aliphatic heterocycles. The molecule has 98 valence electrons. The van der Waals surface area contributed by atoms with Gasteiger partial charge in [-0.15, -0.1) is 0 Å². The van der Waals surface area contributed by atoms with Crippen molar-refractivity contribution in [3.05, 3.63) is 36.2 Å². The highest BCUT2D eigenvalue weighted by atomic mass is 16.5. The summed E-state index contributed by atoms with van der Waals surface area (Å²) in [6.07, 6.45) is 4.60. The Kier molecular flexibility index (Phi) is 2.83. The maximum Gasteiger partial charge on any atom is 0.335 e. The number of rotatable bonds is 4. The van der Waals surface area contributed by atoms with Crippen LogP contribution in [0.3, 0.4) is 0 Å². The van der Waals surface area contributed by atoms with Gasteiger partial charge in [-0.3, -0.25) is 0 Å². The van der Waals surface area contributed by atoms with Gasteiger partial charge in [0.2, 0.25) is 0 Å². The van der Waals surface area contributed by atoms with Gasteiger partial charge in [0.1, 0.15) is 0 Å².